The molecule has 0 saturated heterocycles. The molecule has 1 N–H and O–H groups in total. The van der Waals surface area contributed by atoms with Crippen molar-refractivity contribution in [2.24, 2.45) is 5.41 Å². The van der Waals surface area contributed by atoms with Crippen molar-refractivity contribution < 1.29 is 23.8 Å². The van der Waals surface area contributed by atoms with Gasteiger partial charge in [-0.1, -0.05) is 6.07 Å². The van der Waals surface area contributed by atoms with Crippen LogP contribution in [0.5, 0.6) is 0 Å². The van der Waals surface area contributed by atoms with Gasteiger partial charge in [0.05, 0.1) is 19.3 Å². The summed E-state index contributed by atoms with van der Waals surface area (Å²) in [6.45, 7) is 7.77. The van der Waals surface area contributed by atoms with Crippen LogP contribution in [0.1, 0.15) is 39.8 Å². The van der Waals surface area contributed by atoms with Crippen molar-refractivity contribution in [1.82, 2.24) is 10.3 Å². The molecule has 1 aromatic heterocycles. The summed E-state index contributed by atoms with van der Waals surface area (Å²) < 4.78 is 16.3. The third kappa shape index (κ3) is 9.55. The van der Waals surface area contributed by atoms with Crippen LogP contribution in [-0.4, -0.2) is 55.4 Å². The van der Waals surface area contributed by atoms with Gasteiger partial charge in [-0.15, -0.1) is 12.3 Å². The zero-order valence-corrected chi connectivity index (χ0v) is 17.8. The van der Waals surface area contributed by atoms with Gasteiger partial charge in [0.25, 0.3) is 0 Å². The van der Waals surface area contributed by atoms with Crippen molar-refractivity contribution >= 4 is 11.9 Å². The predicted octanol–water partition coefficient (Wildman–Crippen LogP) is 2.14. The van der Waals surface area contributed by atoms with Gasteiger partial charge in [-0.05, 0) is 39.8 Å². The van der Waals surface area contributed by atoms with Crippen LogP contribution in [0.2, 0.25) is 0 Å². The number of terminal acetylenes is 1. The number of nitrogens with one attached hydrogen (secondary N) is 1. The summed E-state index contributed by atoms with van der Waals surface area (Å²) in [4.78, 5) is 29.2. The van der Waals surface area contributed by atoms with Gasteiger partial charge in [0.1, 0.15) is 12.0 Å². The second-order valence-electron chi connectivity index (χ2n) is 7.32. The molecule has 0 aromatic carbocycles. The van der Waals surface area contributed by atoms with Crippen molar-refractivity contribution in [3.05, 3.63) is 30.1 Å². The first-order valence-electron chi connectivity index (χ1n) is 9.80. The molecule has 2 unspecified atom stereocenters. The average molecular weight is 405 g/mol. The molecule has 0 aliphatic heterocycles. The average Bonchev–Trinajstić information content (AvgIpc) is 2.71. The van der Waals surface area contributed by atoms with E-state index < -0.39 is 17.5 Å². The summed E-state index contributed by atoms with van der Waals surface area (Å²) in [6, 6.07) is 5.64. The number of carbonyl (C=O) groups excluding carboxylic acids is 2. The van der Waals surface area contributed by atoms with Crippen LogP contribution >= 0.6 is 0 Å². The standard InChI is InChI=1S/C22H32N2O5/c1-6-7-14-27-18(4)20(25)29-16-22(5,15-28-17(2)3)21(26)24-13-11-19-10-8-9-12-23-19/h1,8-10,12,17-18H,7,11,13-16H2,2-5H3,(H,24,26). The number of nitrogens with zero attached hydrogens (tertiary/aromatic N) is 1. The van der Waals surface area contributed by atoms with E-state index in [1.165, 1.54) is 0 Å². The van der Waals surface area contributed by atoms with Gasteiger partial charge >= 0.3 is 5.97 Å². The number of ether oxygens (including phenoxy) is 3. The van der Waals surface area contributed by atoms with E-state index in [-0.39, 0.29) is 31.8 Å². The Hall–Kier alpha value is -2.43. The Bertz CT molecular complexity index is 672. The molecule has 0 fully saturated rings. The lowest BCUT2D eigenvalue weighted by molar-refractivity contribution is -0.163. The van der Waals surface area contributed by atoms with Gasteiger partial charge < -0.3 is 19.5 Å². The van der Waals surface area contributed by atoms with E-state index in [1.54, 1.807) is 20.0 Å². The molecule has 7 nitrogen and oxygen atoms in total. The maximum Gasteiger partial charge on any atom is 0.334 e. The fourth-order valence-electron chi connectivity index (χ4n) is 2.30. The van der Waals surface area contributed by atoms with Gasteiger partial charge in [-0.25, -0.2) is 4.79 Å². The molecule has 0 spiro atoms. The number of aromatic nitrogens is 1. The number of amides is 1. The molecule has 0 aliphatic carbocycles. The predicted molar refractivity (Wildman–Crippen MR) is 110 cm³/mol. The molecular formula is C22H32N2O5. The van der Waals surface area contributed by atoms with Crippen molar-refractivity contribution in [3.63, 3.8) is 0 Å². The molecule has 1 rings (SSSR count). The van der Waals surface area contributed by atoms with Crippen molar-refractivity contribution in [3.8, 4) is 12.3 Å². The van der Waals surface area contributed by atoms with Crippen molar-refractivity contribution in [2.75, 3.05) is 26.4 Å². The van der Waals surface area contributed by atoms with E-state index >= 15 is 0 Å². The first kappa shape index (κ1) is 24.6. The van der Waals surface area contributed by atoms with E-state index in [2.05, 4.69) is 16.2 Å². The molecule has 0 radical (unpaired) electrons. The highest BCUT2D eigenvalue weighted by molar-refractivity contribution is 5.83. The molecular weight excluding hydrogens is 372 g/mol. The highest BCUT2D eigenvalue weighted by Gasteiger charge is 2.36. The fourth-order valence-corrected chi connectivity index (χ4v) is 2.30. The highest BCUT2D eigenvalue weighted by atomic mass is 16.6. The maximum atomic E-state index is 12.8. The normalized spacial score (nSPS) is 13.9. The van der Waals surface area contributed by atoms with Crippen molar-refractivity contribution in [2.45, 2.75) is 52.7 Å². The molecule has 29 heavy (non-hydrogen) atoms. The quantitative estimate of drug-likeness (QED) is 0.308. The lowest BCUT2D eigenvalue weighted by atomic mass is 9.91. The molecule has 2 atom stereocenters. The summed E-state index contributed by atoms with van der Waals surface area (Å²) in [6.07, 6.45) is 7.08. The number of pyridine rings is 1. The number of carbonyl (C=O) groups is 2. The van der Waals surface area contributed by atoms with Crippen LogP contribution in [0.4, 0.5) is 0 Å². The molecule has 7 heteroatoms. The maximum absolute atomic E-state index is 12.8. The minimum Gasteiger partial charge on any atom is -0.463 e. The molecule has 0 bridgehead atoms. The van der Waals surface area contributed by atoms with Gasteiger partial charge in [0, 0.05) is 31.3 Å². The Kier molecular flexibility index (Phi) is 11.0. The number of rotatable bonds is 13. The van der Waals surface area contributed by atoms with E-state index in [9.17, 15) is 9.59 Å². The van der Waals surface area contributed by atoms with Gasteiger partial charge in [0.15, 0.2) is 6.10 Å². The van der Waals surface area contributed by atoms with Crippen LogP contribution in [0.25, 0.3) is 0 Å². The van der Waals surface area contributed by atoms with Gasteiger partial charge in [-0.3, -0.25) is 9.78 Å². The third-order valence-electron chi connectivity index (χ3n) is 4.16. The SMILES string of the molecule is C#CCCOC(C)C(=O)OCC(C)(COC(C)C)C(=O)NCCc1ccccn1. The van der Waals surface area contributed by atoms with Crippen LogP contribution in [0.3, 0.4) is 0 Å². The fraction of sp³-hybridized carbons (Fsp3) is 0.591. The Labute approximate surface area is 173 Å². The second kappa shape index (κ2) is 12.9. The topological polar surface area (TPSA) is 86.8 Å². The largest absolute Gasteiger partial charge is 0.463 e. The smallest absolute Gasteiger partial charge is 0.334 e. The molecule has 0 aliphatic rings. The lowest BCUT2D eigenvalue weighted by Crippen LogP contribution is -2.47. The summed E-state index contributed by atoms with van der Waals surface area (Å²) >= 11 is 0. The highest BCUT2D eigenvalue weighted by Crippen LogP contribution is 2.20. The zero-order chi connectivity index (χ0) is 21.7. The van der Waals surface area contributed by atoms with E-state index in [0.29, 0.717) is 19.4 Å². The molecule has 1 heterocycles. The third-order valence-corrected chi connectivity index (χ3v) is 4.16. The molecule has 0 saturated carbocycles. The van der Waals surface area contributed by atoms with Crippen LogP contribution in [-0.2, 0) is 30.2 Å². The van der Waals surface area contributed by atoms with Gasteiger partial charge in [-0.2, -0.15) is 0 Å². The lowest BCUT2D eigenvalue weighted by Gasteiger charge is -2.29. The summed E-state index contributed by atoms with van der Waals surface area (Å²) in [5, 5.41) is 2.89. The monoisotopic (exact) mass is 404 g/mol. The minimum absolute atomic E-state index is 0.0580. The Morgan fingerprint density at radius 1 is 1.24 bits per heavy atom. The summed E-state index contributed by atoms with van der Waals surface area (Å²) in [5.74, 6) is 1.65. The van der Waals surface area contributed by atoms with E-state index in [4.69, 9.17) is 20.6 Å². The Morgan fingerprint density at radius 3 is 2.62 bits per heavy atom. The van der Waals surface area contributed by atoms with Crippen LogP contribution < -0.4 is 5.32 Å². The first-order valence-corrected chi connectivity index (χ1v) is 9.80. The van der Waals surface area contributed by atoms with Crippen LogP contribution in [0.15, 0.2) is 24.4 Å². The molecule has 1 aromatic rings. The second-order valence-corrected chi connectivity index (χ2v) is 7.32. The van der Waals surface area contributed by atoms with E-state index in [1.807, 2.05) is 32.0 Å². The Morgan fingerprint density at radius 2 is 2.00 bits per heavy atom. The zero-order valence-electron chi connectivity index (χ0n) is 17.8. The summed E-state index contributed by atoms with van der Waals surface area (Å²) in [5.41, 5.74) is -0.139. The van der Waals surface area contributed by atoms with E-state index in [0.717, 1.165) is 5.69 Å². The van der Waals surface area contributed by atoms with Gasteiger partial charge in [0.2, 0.25) is 5.91 Å². The Balaban J connectivity index is 2.61. The molecule has 1 amide bonds. The summed E-state index contributed by atoms with van der Waals surface area (Å²) in [7, 11) is 0. The van der Waals surface area contributed by atoms with Crippen molar-refractivity contribution in [1.29, 1.82) is 0 Å². The number of hydrogen-bond donors (Lipinski definition) is 1. The minimum atomic E-state index is -1.03. The number of hydrogen-bond acceptors (Lipinski definition) is 6. The number of esters is 1. The first-order chi connectivity index (χ1) is 13.8. The van der Waals surface area contributed by atoms with Crippen LogP contribution in [0, 0.1) is 17.8 Å². The molecule has 160 valence electrons.